The average Bonchev–Trinajstić information content (AvgIpc) is 3.17. The zero-order valence-electron chi connectivity index (χ0n) is 14.7. The molecule has 1 N–H and O–H groups in total. The lowest BCUT2D eigenvalue weighted by Crippen LogP contribution is -2.37. The number of morpholine rings is 1. The molecule has 9 heteroatoms. The Hall–Kier alpha value is -3.20. The molecule has 0 radical (unpaired) electrons. The number of aromatic nitrogens is 3. The Morgan fingerprint density at radius 3 is 2.81 bits per heavy atom. The van der Waals surface area contributed by atoms with Gasteiger partial charge in [0.05, 0.1) is 20.3 Å². The number of nitrogens with zero attached hydrogens (tertiary/aromatic N) is 4. The summed E-state index contributed by atoms with van der Waals surface area (Å²) < 4.78 is 29.8. The lowest BCUT2D eigenvalue weighted by Gasteiger charge is -2.26. The normalized spacial score (nSPS) is 14.2. The Balaban J connectivity index is 1.51. The van der Waals surface area contributed by atoms with Crippen molar-refractivity contribution in [2.75, 3.05) is 43.6 Å². The molecule has 0 bridgehead atoms. The molecule has 0 saturated carbocycles. The van der Waals surface area contributed by atoms with E-state index in [1.165, 1.54) is 13.2 Å². The lowest BCUT2D eigenvalue weighted by molar-refractivity contribution is 0.122. The fourth-order valence-electron chi connectivity index (χ4n) is 2.75. The van der Waals surface area contributed by atoms with Gasteiger partial charge in [0, 0.05) is 37.0 Å². The van der Waals surface area contributed by atoms with Crippen molar-refractivity contribution in [1.82, 2.24) is 15.1 Å². The molecule has 1 fully saturated rings. The standard InChI is InChI=1S/C18H18FN5O3/c1-25-12-2-3-13(14(19)10-12)15-11-17(27-23-15)21-16-4-5-20-18(22-16)24-6-8-26-9-7-24/h2-5,10-11H,6-9H2,1H3,(H,20,21,22). The number of benzene rings is 1. The second-order valence-electron chi connectivity index (χ2n) is 5.89. The number of hydrogen-bond donors (Lipinski definition) is 1. The molecule has 0 aliphatic carbocycles. The molecule has 27 heavy (non-hydrogen) atoms. The Labute approximate surface area is 154 Å². The molecule has 3 aromatic rings. The van der Waals surface area contributed by atoms with Crippen molar-refractivity contribution in [3.05, 3.63) is 42.3 Å². The van der Waals surface area contributed by atoms with Gasteiger partial charge in [-0.1, -0.05) is 5.16 Å². The van der Waals surface area contributed by atoms with Crippen LogP contribution in [0.25, 0.3) is 11.3 Å². The molecule has 1 aliphatic heterocycles. The minimum atomic E-state index is -0.439. The minimum absolute atomic E-state index is 0.323. The van der Waals surface area contributed by atoms with E-state index < -0.39 is 5.82 Å². The first-order valence-corrected chi connectivity index (χ1v) is 8.46. The highest BCUT2D eigenvalue weighted by Gasteiger charge is 2.15. The maximum atomic E-state index is 14.2. The number of anilines is 3. The van der Waals surface area contributed by atoms with Gasteiger partial charge in [0.2, 0.25) is 11.8 Å². The molecule has 1 aliphatic rings. The molecule has 8 nitrogen and oxygen atoms in total. The van der Waals surface area contributed by atoms with E-state index in [2.05, 4.69) is 20.4 Å². The van der Waals surface area contributed by atoms with Crippen molar-refractivity contribution >= 4 is 17.7 Å². The summed E-state index contributed by atoms with van der Waals surface area (Å²) in [4.78, 5) is 10.8. The summed E-state index contributed by atoms with van der Waals surface area (Å²) in [7, 11) is 1.49. The Morgan fingerprint density at radius 1 is 1.19 bits per heavy atom. The lowest BCUT2D eigenvalue weighted by atomic mass is 10.1. The average molecular weight is 371 g/mol. The topological polar surface area (TPSA) is 85.5 Å². The van der Waals surface area contributed by atoms with E-state index >= 15 is 0 Å². The molecule has 0 spiro atoms. The predicted octanol–water partition coefficient (Wildman–Crippen LogP) is 2.86. The maximum Gasteiger partial charge on any atom is 0.230 e. The monoisotopic (exact) mass is 371 g/mol. The van der Waals surface area contributed by atoms with Crippen molar-refractivity contribution in [2.45, 2.75) is 0 Å². The number of nitrogens with one attached hydrogen (secondary N) is 1. The Morgan fingerprint density at radius 2 is 2.04 bits per heavy atom. The third-order valence-electron chi connectivity index (χ3n) is 4.15. The van der Waals surface area contributed by atoms with Gasteiger partial charge in [0.25, 0.3) is 0 Å². The number of rotatable bonds is 5. The van der Waals surface area contributed by atoms with Crippen LogP contribution >= 0.6 is 0 Å². The summed E-state index contributed by atoms with van der Waals surface area (Å²) >= 11 is 0. The third-order valence-corrected chi connectivity index (χ3v) is 4.15. The largest absolute Gasteiger partial charge is 0.497 e. The highest BCUT2D eigenvalue weighted by atomic mass is 19.1. The van der Waals surface area contributed by atoms with Crippen LogP contribution in [0.5, 0.6) is 5.75 Å². The summed E-state index contributed by atoms with van der Waals surface area (Å²) in [6.07, 6.45) is 1.67. The quantitative estimate of drug-likeness (QED) is 0.733. The van der Waals surface area contributed by atoms with Crippen LogP contribution in [0.4, 0.5) is 22.0 Å². The second kappa shape index (κ2) is 7.58. The van der Waals surface area contributed by atoms with E-state index in [1.807, 2.05) is 4.90 Å². The summed E-state index contributed by atoms with van der Waals surface area (Å²) in [6.45, 7) is 2.79. The fourth-order valence-corrected chi connectivity index (χ4v) is 2.75. The molecule has 3 heterocycles. The van der Waals surface area contributed by atoms with Crippen LogP contribution in [0.15, 0.2) is 41.1 Å². The Bertz CT molecular complexity index is 927. The minimum Gasteiger partial charge on any atom is -0.497 e. The molecule has 0 amide bonds. The zero-order valence-corrected chi connectivity index (χ0v) is 14.7. The zero-order chi connectivity index (χ0) is 18.6. The third kappa shape index (κ3) is 3.82. The highest BCUT2D eigenvalue weighted by molar-refractivity contribution is 5.65. The second-order valence-corrected chi connectivity index (χ2v) is 5.89. The smallest absolute Gasteiger partial charge is 0.230 e. The van der Waals surface area contributed by atoms with Gasteiger partial charge in [-0.2, -0.15) is 4.98 Å². The van der Waals surface area contributed by atoms with Gasteiger partial charge in [-0.25, -0.2) is 9.37 Å². The number of halogens is 1. The van der Waals surface area contributed by atoms with E-state index in [1.54, 1.807) is 30.5 Å². The number of hydrogen-bond acceptors (Lipinski definition) is 8. The van der Waals surface area contributed by atoms with Crippen LogP contribution in [-0.4, -0.2) is 48.5 Å². The van der Waals surface area contributed by atoms with Crippen molar-refractivity contribution < 1.29 is 18.4 Å². The van der Waals surface area contributed by atoms with Gasteiger partial charge in [-0.05, 0) is 18.2 Å². The van der Waals surface area contributed by atoms with E-state index in [0.717, 1.165) is 13.1 Å². The molecule has 4 rings (SSSR count). The van der Waals surface area contributed by atoms with Gasteiger partial charge in [-0.3, -0.25) is 0 Å². The summed E-state index contributed by atoms with van der Waals surface area (Å²) in [5.74, 6) is 1.53. The molecule has 1 saturated heterocycles. The Kier molecular flexibility index (Phi) is 4.84. The fraction of sp³-hybridized carbons (Fsp3) is 0.278. The molecule has 140 valence electrons. The van der Waals surface area contributed by atoms with Crippen molar-refractivity contribution in [1.29, 1.82) is 0 Å². The molecular weight excluding hydrogens is 353 g/mol. The van der Waals surface area contributed by atoms with Crippen LogP contribution in [0.2, 0.25) is 0 Å². The summed E-state index contributed by atoms with van der Waals surface area (Å²) in [5, 5.41) is 6.95. The number of ether oxygens (including phenoxy) is 2. The first-order chi connectivity index (χ1) is 13.2. The van der Waals surface area contributed by atoms with Gasteiger partial charge in [0.1, 0.15) is 23.1 Å². The van der Waals surface area contributed by atoms with Crippen LogP contribution in [0.1, 0.15) is 0 Å². The van der Waals surface area contributed by atoms with Gasteiger partial charge in [0.15, 0.2) is 0 Å². The van der Waals surface area contributed by atoms with Crippen LogP contribution in [0, 0.1) is 5.82 Å². The van der Waals surface area contributed by atoms with E-state index in [0.29, 0.717) is 47.9 Å². The van der Waals surface area contributed by atoms with Crippen LogP contribution in [-0.2, 0) is 4.74 Å². The first-order valence-electron chi connectivity index (χ1n) is 8.46. The molecular formula is C18H18FN5O3. The van der Waals surface area contributed by atoms with E-state index in [9.17, 15) is 4.39 Å². The maximum absolute atomic E-state index is 14.2. The van der Waals surface area contributed by atoms with E-state index in [-0.39, 0.29) is 0 Å². The van der Waals surface area contributed by atoms with E-state index in [4.69, 9.17) is 14.0 Å². The summed E-state index contributed by atoms with van der Waals surface area (Å²) in [6, 6.07) is 7.90. The SMILES string of the molecule is COc1ccc(-c2cc(Nc3ccnc(N4CCOCC4)n3)on2)c(F)c1. The van der Waals surface area contributed by atoms with Gasteiger partial charge < -0.3 is 24.2 Å². The van der Waals surface area contributed by atoms with Crippen LogP contribution in [0.3, 0.4) is 0 Å². The van der Waals surface area contributed by atoms with Gasteiger partial charge in [-0.15, -0.1) is 0 Å². The molecule has 0 unspecified atom stereocenters. The molecule has 0 atom stereocenters. The van der Waals surface area contributed by atoms with Crippen LogP contribution < -0.4 is 15.0 Å². The molecule has 1 aromatic carbocycles. The summed E-state index contributed by atoms with van der Waals surface area (Å²) in [5.41, 5.74) is 0.699. The van der Waals surface area contributed by atoms with Crippen molar-refractivity contribution in [3.63, 3.8) is 0 Å². The van der Waals surface area contributed by atoms with Crippen molar-refractivity contribution in [3.8, 4) is 17.0 Å². The first kappa shape index (κ1) is 17.2. The highest BCUT2D eigenvalue weighted by Crippen LogP contribution is 2.28. The van der Waals surface area contributed by atoms with Crippen molar-refractivity contribution in [2.24, 2.45) is 0 Å². The predicted molar refractivity (Wildman–Crippen MR) is 96.8 cm³/mol. The molecule has 2 aromatic heterocycles. The number of methoxy groups -OCH3 is 1. The van der Waals surface area contributed by atoms with Gasteiger partial charge >= 0.3 is 0 Å².